The summed E-state index contributed by atoms with van der Waals surface area (Å²) in [5.41, 5.74) is 2.37. The highest BCUT2D eigenvalue weighted by molar-refractivity contribution is 6.31. The van der Waals surface area contributed by atoms with E-state index in [-0.39, 0.29) is 11.6 Å². The average Bonchev–Trinajstić information content (AvgIpc) is 2.93. The number of hydrogen-bond donors (Lipinski definition) is 2. The van der Waals surface area contributed by atoms with E-state index in [0.29, 0.717) is 22.8 Å². The monoisotopic (exact) mass is 330 g/mol. The van der Waals surface area contributed by atoms with E-state index in [4.69, 9.17) is 16.3 Å². The molecule has 1 aromatic carbocycles. The van der Waals surface area contributed by atoms with Crippen LogP contribution in [0, 0.1) is 0 Å². The van der Waals surface area contributed by atoms with Gasteiger partial charge in [0.1, 0.15) is 5.15 Å². The van der Waals surface area contributed by atoms with Crippen molar-refractivity contribution in [3.63, 3.8) is 0 Å². The Hall–Kier alpha value is -2.15. The van der Waals surface area contributed by atoms with E-state index in [1.807, 2.05) is 24.3 Å². The van der Waals surface area contributed by atoms with Crippen LogP contribution in [0.2, 0.25) is 5.15 Å². The third-order valence-corrected chi connectivity index (χ3v) is 4.31. The summed E-state index contributed by atoms with van der Waals surface area (Å²) in [4.78, 5) is 18.6. The van der Waals surface area contributed by atoms with Gasteiger partial charge in [0.05, 0.1) is 31.0 Å². The maximum absolute atomic E-state index is 11.8. The molecular weight excluding hydrogens is 316 g/mol. The van der Waals surface area contributed by atoms with Crippen LogP contribution in [0.25, 0.3) is 16.7 Å². The Morgan fingerprint density at radius 1 is 1.30 bits per heavy atom. The normalized spacial score (nSPS) is 18.4. The van der Waals surface area contributed by atoms with Crippen LogP contribution < -0.4 is 10.9 Å². The molecule has 2 aromatic heterocycles. The van der Waals surface area contributed by atoms with Crippen LogP contribution in [0.1, 0.15) is 11.6 Å². The molecule has 0 aliphatic carbocycles. The lowest BCUT2D eigenvalue weighted by Crippen LogP contribution is -2.34. The second kappa shape index (κ2) is 5.81. The van der Waals surface area contributed by atoms with Crippen LogP contribution >= 0.6 is 11.6 Å². The topological polar surface area (TPSA) is 71.9 Å². The minimum atomic E-state index is -0.198. The second-order valence-electron chi connectivity index (χ2n) is 5.44. The fourth-order valence-electron chi connectivity index (χ4n) is 2.87. The van der Waals surface area contributed by atoms with Gasteiger partial charge in [-0.25, -0.2) is 4.98 Å². The Bertz CT molecular complexity index is 895. The molecular formula is C16H15ClN4O2. The van der Waals surface area contributed by atoms with Crippen LogP contribution in [0.5, 0.6) is 0 Å². The summed E-state index contributed by atoms with van der Waals surface area (Å²) >= 11 is 6.30. The van der Waals surface area contributed by atoms with Gasteiger partial charge in [-0.15, -0.1) is 0 Å². The predicted molar refractivity (Wildman–Crippen MR) is 88.3 cm³/mol. The molecule has 2 N–H and O–H groups in total. The summed E-state index contributed by atoms with van der Waals surface area (Å²) in [5, 5.41) is 4.35. The van der Waals surface area contributed by atoms with Gasteiger partial charge in [-0.2, -0.15) is 0 Å². The first kappa shape index (κ1) is 14.4. The Labute approximate surface area is 137 Å². The molecule has 1 aliphatic heterocycles. The number of ether oxygens (including phenoxy) is 1. The molecule has 3 heterocycles. The lowest BCUT2D eigenvalue weighted by molar-refractivity contribution is 0.0769. The van der Waals surface area contributed by atoms with Crippen molar-refractivity contribution >= 4 is 22.6 Å². The second-order valence-corrected chi connectivity index (χ2v) is 5.83. The number of H-pyrrole nitrogens is 1. The number of rotatable bonds is 2. The van der Waals surface area contributed by atoms with Gasteiger partial charge < -0.3 is 15.0 Å². The molecule has 3 aromatic rings. The predicted octanol–water partition coefficient (Wildman–Crippen LogP) is 2.03. The minimum Gasteiger partial charge on any atom is -0.378 e. The molecule has 1 atom stereocenters. The molecule has 1 aliphatic rings. The van der Waals surface area contributed by atoms with Gasteiger partial charge in [0.2, 0.25) is 0 Å². The van der Waals surface area contributed by atoms with E-state index in [0.717, 1.165) is 24.4 Å². The zero-order valence-electron chi connectivity index (χ0n) is 12.3. The van der Waals surface area contributed by atoms with Crippen molar-refractivity contribution in [3.8, 4) is 5.69 Å². The van der Waals surface area contributed by atoms with Crippen LogP contribution in [0.4, 0.5) is 0 Å². The first-order chi connectivity index (χ1) is 11.2. The molecule has 0 radical (unpaired) electrons. The van der Waals surface area contributed by atoms with Gasteiger partial charge in [0.25, 0.3) is 5.56 Å². The van der Waals surface area contributed by atoms with Crippen molar-refractivity contribution in [2.45, 2.75) is 6.04 Å². The van der Waals surface area contributed by atoms with E-state index in [9.17, 15) is 4.79 Å². The molecule has 0 saturated carbocycles. The molecule has 7 heteroatoms. The highest BCUT2D eigenvalue weighted by Gasteiger charge is 2.16. The third-order valence-electron chi connectivity index (χ3n) is 4.03. The summed E-state index contributed by atoms with van der Waals surface area (Å²) in [6.45, 7) is 2.27. The summed E-state index contributed by atoms with van der Waals surface area (Å²) in [6, 6.07) is 9.86. The molecule has 118 valence electrons. The molecule has 1 unspecified atom stereocenters. The van der Waals surface area contributed by atoms with Crippen molar-refractivity contribution in [1.29, 1.82) is 0 Å². The number of nitrogens with zero attached hydrogens (tertiary/aromatic N) is 2. The Morgan fingerprint density at radius 2 is 2.13 bits per heavy atom. The quantitative estimate of drug-likeness (QED) is 0.754. The zero-order valence-corrected chi connectivity index (χ0v) is 13.0. The first-order valence-electron chi connectivity index (χ1n) is 7.40. The van der Waals surface area contributed by atoms with Crippen LogP contribution in [0.3, 0.4) is 0 Å². The standard InChI is InChI=1S/C16H15ClN4O2/c17-14-7-12-15(19-9-20-16(12)22)21(14)11-3-1-10(2-4-11)13-8-23-6-5-18-13/h1-4,7,9,13,18H,5-6,8H2,(H,19,20,22). The minimum absolute atomic E-state index is 0.198. The van der Waals surface area contributed by atoms with E-state index in [1.54, 1.807) is 10.6 Å². The van der Waals surface area contributed by atoms with Gasteiger partial charge in [-0.1, -0.05) is 23.7 Å². The average molecular weight is 331 g/mol. The van der Waals surface area contributed by atoms with Gasteiger partial charge in [0, 0.05) is 12.2 Å². The fourth-order valence-corrected chi connectivity index (χ4v) is 3.16. The first-order valence-corrected chi connectivity index (χ1v) is 7.78. The van der Waals surface area contributed by atoms with Crippen LogP contribution in [-0.2, 0) is 4.74 Å². The molecule has 1 saturated heterocycles. The highest BCUT2D eigenvalue weighted by atomic mass is 35.5. The van der Waals surface area contributed by atoms with Crippen molar-refractivity contribution < 1.29 is 4.74 Å². The lowest BCUT2D eigenvalue weighted by Gasteiger charge is -2.24. The molecule has 0 spiro atoms. The third kappa shape index (κ3) is 2.55. The summed E-state index contributed by atoms with van der Waals surface area (Å²) < 4.78 is 7.26. The molecule has 23 heavy (non-hydrogen) atoms. The largest absolute Gasteiger partial charge is 0.378 e. The summed E-state index contributed by atoms with van der Waals surface area (Å²) in [6.07, 6.45) is 1.38. The van der Waals surface area contributed by atoms with E-state index >= 15 is 0 Å². The van der Waals surface area contributed by atoms with Crippen molar-refractivity contribution in [2.75, 3.05) is 19.8 Å². The van der Waals surface area contributed by atoms with E-state index < -0.39 is 0 Å². The maximum Gasteiger partial charge on any atom is 0.260 e. The number of fused-ring (bicyclic) bond motifs is 1. The number of morpholine rings is 1. The number of benzene rings is 1. The number of aromatic amines is 1. The molecule has 4 rings (SSSR count). The Kier molecular flexibility index (Phi) is 3.65. The smallest absolute Gasteiger partial charge is 0.260 e. The van der Waals surface area contributed by atoms with Crippen molar-refractivity contribution in [2.24, 2.45) is 0 Å². The molecule has 0 amide bonds. The molecule has 6 nitrogen and oxygen atoms in total. The Morgan fingerprint density at radius 3 is 2.87 bits per heavy atom. The number of hydrogen-bond acceptors (Lipinski definition) is 4. The van der Waals surface area contributed by atoms with E-state index in [2.05, 4.69) is 15.3 Å². The Balaban J connectivity index is 1.75. The zero-order chi connectivity index (χ0) is 15.8. The van der Waals surface area contributed by atoms with Gasteiger partial charge in [0.15, 0.2) is 5.65 Å². The van der Waals surface area contributed by atoms with Gasteiger partial charge in [-0.05, 0) is 23.8 Å². The van der Waals surface area contributed by atoms with E-state index in [1.165, 1.54) is 6.33 Å². The number of halogens is 1. The van der Waals surface area contributed by atoms with Crippen LogP contribution in [0.15, 0.2) is 41.5 Å². The fraction of sp³-hybridized carbons (Fsp3) is 0.250. The van der Waals surface area contributed by atoms with Crippen LogP contribution in [-0.4, -0.2) is 34.3 Å². The number of nitrogens with one attached hydrogen (secondary N) is 2. The molecule has 1 fully saturated rings. The van der Waals surface area contributed by atoms with Crippen molar-refractivity contribution in [3.05, 3.63) is 57.7 Å². The van der Waals surface area contributed by atoms with Gasteiger partial charge in [-0.3, -0.25) is 9.36 Å². The highest BCUT2D eigenvalue weighted by Crippen LogP contribution is 2.25. The summed E-state index contributed by atoms with van der Waals surface area (Å²) in [7, 11) is 0. The lowest BCUT2D eigenvalue weighted by atomic mass is 10.1. The number of aromatic nitrogens is 3. The maximum atomic E-state index is 11.8. The SMILES string of the molecule is O=c1[nH]cnc2c1cc(Cl)n2-c1ccc(C2COCCN2)cc1. The molecule has 0 bridgehead atoms. The van der Waals surface area contributed by atoms with Gasteiger partial charge >= 0.3 is 0 Å². The summed E-state index contributed by atoms with van der Waals surface area (Å²) in [5.74, 6) is 0. The van der Waals surface area contributed by atoms with Crippen molar-refractivity contribution in [1.82, 2.24) is 19.9 Å².